The van der Waals surface area contributed by atoms with E-state index in [4.69, 9.17) is 5.11 Å². The van der Waals surface area contributed by atoms with Crippen LogP contribution in [0.15, 0.2) is 0 Å². The van der Waals surface area contributed by atoms with Gasteiger partial charge in [0.2, 0.25) is 0 Å². The molecule has 2 rings (SSSR count). The molecule has 1 aliphatic rings. The predicted octanol–water partition coefficient (Wildman–Crippen LogP) is -0.493. The first kappa shape index (κ1) is 11.9. The smallest absolute Gasteiger partial charge is 0.326 e. The van der Waals surface area contributed by atoms with Gasteiger partial charge >= 0.3 is 5.97 Å². The van der Waals surface area contributed by atoms with Crippen LogP contribution in [0.25, 0.3) is 0 Å². The van der Waals surface area contributed by atoms with E-state index in [9.17, 15) is 14.7 Å². The van der Waals surface area contributed by atoms with E-state index in [1.54, 1.807) is 6.92 Å². The number of amides is 1. The topological polar surface area (TPSA) is 104 Å². The highest BCUT2D eigenvalue weighted by Crippen LogP contribution is 2.22. The Bertz CT molecular complexity index is 461. The Hall–Kier alpha value is -1.54. The minimum Gasteiger partial charge on any atom is -0.480 e. The van der Waals surface area contributed by atoms with Crippen LogP contribution in [0.1, 0.15) is 21.8 Å². The van der Waals surface area contributed by atoms with Gasteiger partial charge in [-0.15, -0.1) is 5.10 Å². The lowest BCUT2D eigenvalue weighted by molar-refractivity contribution is -0.141. The molecule has 7 nitrogen and oxygen atoms in total. The van der Waals surface area contributed by atoms with Gasteiger partial charge in [0.1, 0.15) is 10.9 Å². The van der Waals surface area contributed by atoms with Crippen molar-refractivity contribution >= 4 is 23.4 Å². The Kier molecular flexibility index (Phi) is 3.07. The molecule has 0 spiro atoms. The Labute approximate surface area is 101 Å². The second-order valence-electron chi connectivity index (χ2n) is 3.89. The minimum atomic E-state index is -1.11. The second-order valence-corrected chi connectivity index (χ2v) is 4.64. The molecule has 1 saturated heterocycles. The number of rotatable bonds is 2. The monoisotopic (exact) mass is 257 g/mol. The van der Waals surface area contributed by atoms with Crippen molar-refractivity contribution in [1.29, 1.82) is 0 Å². The highest BCUT2D eigenvalue weighted by Gasteiger charge is 2.40. The molecular formula is C9H11N3O4S. The number of aromatic nitrogens is 2. The van der Waals surface area contributed by atoms with Crippen molar-refractivity contribution in [3.05, 3.63) is 10.6 Å². The van der Waals surface area contributed by atoms with Gasteiger partial charge in [-0.1, -0.05) is 4.49 Å². The summed E-state index contributed by atoms with van der Waals surface area (Å²) < 4.78 is 3.64. The number of β-amino-alcohol motifs (C(OH)–C–C–N with tert-alkyl or cyclic N) is 1. The number of likely N-dealkylation sites (tertiary alicyclic amines) is 1. The molecule has 0 saturated carbocycles. The third-order valence-electron chi connectivity index (χ3n) is 2.67. The summed E-state index contributed by atoms with van der Waals surface area (Å²) in [6.45, 7) is 1.67. The van der Waals surface area contributed by atoms with Crippen LogP contribution in [-0.4, -0.2) is 55.3 Å². The molecule has 2 unspecified atom stereocenters. The summed E-state index contributed by atoms with van der Waals surface area (Å²) in [5.74, 6) is -1.54. The van der Waals surface area contributed by atoms with Gasteiger partial charge in [0, 0.05) is 13.0 Å². The lowest BCUT2D eigenvalue weighted by Gasteiger charge is -2.20. The maximum Gasteiger partial charge on any atom is 0.326 e. The highest BCUT2D eigenvalue weighted by atomic mass is 32.1. The molecular weight excluding hydrogens is 246 g/mol. The van der Waals surface area contributed by atoms with Crippen LogP contribution in [0.2, 0.25) is 0 Å². The molecule has 17 heavy (non-hydrogen) atoms. The molecule has 0 radical (unpaired) electrons. The molecule has 0 bridgehead atoms. The van der Waals surface area contributed by atoms with E-state index < -0.39 is 24.0 Å². The minimum absolute atomic E-state index is 0.0349. The normalized spacial score (nSPS) is 24.0. The van der Waals surface area contributed by atoms with Crippen molar-refractivity contribution in [2.24, 2.45) is 0 Å². The fraction of sp³-hybridized carbons (Fsp3) is 0.556. The van der Waals surface area contributed by atoms with Crippen molar-refractivity contribution in [3.63, 3.8) is 0 Å². The summed E-state index contributed by atoms with van der Waals surface area (Å²) in [6.07, 6.45) is -0.729. The van der Waals surface area contributed by atoms with Gasteiger partial charge in [-0.25, -0.2) is 4.79 Å². The van der Waals surface area contributed by atoms with E-state index in [1.807, 2.05) is 0 Å². The largest absolute Gasteiger partial charge is 0.480 e. The fourth-order valence-corrected chi connectivity index (χ4v) is 2.44. The van der Waals surface area contributed by atoms with Gasteiger partial charge in [0.25, 0.3) is 5.91 Å². The van der Waals surface area contributed by atoms with Crippen molar-refractivity contribution in [2.45, 2.75) is 25.5 Å². The maximum absolute atomic E-state index is 12.1. The second kappa shape index (κ2) is 4.38. The average Bonchev–Trinajstić information content (AvgIpc) is 2.83. The number of hydrogen-bond acceptors (Lipinski definition) is 6. The molecule has 92 valence electrons. The Morgan fingerprint density at radius 2 is 2.24 bits per heavy atom. The number of hydrogen-bond donors (Lipinski definition) is 2. The van der Waals surface area contributed by atoms with Crippen LogP contribution in [0.4, 0.5) is 0 Å². The number of carbonyl (C=O) groups is 2. The first-order chi connectivity index (χ1) is 8.00. The van der Waals surface area contributed by atoms with E-state index in [2.05, 4.69) is 9.59 Å². The first-order valence-corrected chi connectivity index (χ1v) is 5.79. The lowest BCUT2D eigenvalue weighted by Crippen LogP contribution is -2.40. The Morgan fingerprint density at radius 1 is 1.53 bits per heavy atom. The van der Waals surface area contributed by atoms with E-state index in [0.29, 0.717) is 10.6 Å². The number of aryl methyl sites for hydroxylation is 1. The van der Waals surface area contributed by atoms with Crippen LogP contribution in [0.3, 0.4) is 0 Å². The van der Waals surface area contributed by atoms with Crippen molar-refractivity contribution < 1.29 is 19.8 Å². The third kappa shape index (κ3) is 2.13. The number of carboxylic acid groups (broad SMARTS) is 1. The van der Waals surface area contributed by atoms with Crippen LogP contribution < -0.4 is 0 Å². The summed E-state index contributed by atoms with van der Waals surface area (Å²) in [4.78, 5) is 24.5. The quantitative estimate of drug-likeness (QED) is 0.740. The van der Waals surface area contributed by atoms with Gasteiger partial charge in [-0.3, -0.25) is 4.79 Å². The molecule has 1 aromatic rings. The Balaban J connectivity index is 2.25. The summed E-state index contributed by atoms with van der Waals surface area (Å²) in [5.41, 5.74) is 0.477. The number of aliphatic hydroxyl groups excluding tert-OH is 1. The Morgan fingerprint density at radius 3 is 2.76 bits per heavy atom. The van der Waals surface area contributed by atoms with Gasteiger partial charge in [-0.05, 0) is 18.5 Å². The van der Waals surface area contributed by atoms with Crippen molar-refractivity contribution in [2.75, 3.05) is 6.54 Å². The highest BCUT2D eigenvalue weighted by molar-refractivity contribution is 7.07. The number of carbonyl (C=O) groups excluding carboxylic acids is 1. The average molecular weight is 257 g/mol. The number of carboxylic acids is 1. The van der Waals surface area contributed by atoms with Crippen LogP contribution in [-0.2, 0) is 4.79 Å². The van der Waals surface area contributed by atoms with Crippen LogP contribution >= 0.6 is 11.5 Å². The zero-order chi connectivity index (χ0) is 12.6. The number of aliphatic hydroxyl groups is 1. The summed E-state index contributed by atoms with van der Waals surface area (Å²) in [5, 5.41) is 22.1. The van der Waals surface area contributed by atoms with E-state index >= 15 is 0 Å². The van der Waals surface area contributed by atoms with E-state index in [1.165, 1.54) is 0 Å². The molecule has 2 N–H and O–H groups in total. The van der Waals surface area contributed by atoms with Crippen molar-refractivity contribution in [1.82, 2.24) is 14.5 Å². The molecule has 1 aromatic heterocycles. The van der Waals surface area contributed by atoms with Crippen LogP contribution in [0, 0.1) is 6.92 Å². The number of aliphatic carboxylic acids is 1. The third-order valence-corrected chi connectivity index (χ3v) is 3.49. The first-order valence-electron chi connectivity index (χ1n) is 5.01. The van der Waals surface area contributed by atoms with Gasteiger partial charge in [0.15, 0.2) is 0 Å². The molecule has 8 heteroatoms. The fourth-order valence-electron chi connectivity index (χ4n) is 1.83. The zero-order valence-corrected chi connectivity index (χ0v) is 9.85. The molecule has 1 amide bonds. The van der Waals surface area contributed by atoms with Gasteiger partial charge < -0.3 is 15.1 Å². The van der Waals surface area contributed by atoms with Gasteiger partial charge in [0.05, 0.1) is 11.8 Å². The predicted molar refractivity (Wildman–Crippen MR) is 57.7 cm³/mol. The molecule has 1 fully saturated rings. The van der Waals surface area contributed by atoms with Crippen LogP contribution in [0.5, 0.6) is 0 Å². The molecule has 1 aliphatic heterocycles. The van der Waals surface area contributed by atoms with E-state index in [-0.39, 0.29) is 13.0 Å². The van der Waals surface area contributed by atoms with E-state index in [0.717, 1.165) is 16.4 Å². The summed E-state index contributed by atoms with van der Waals surface area (Å²) in [6, 6.07) is -0.973. The molecule has 0 aliphatic carbocycles. The SMILES string of the molecule is Cc1nnsc1C(=O)N1CC(O)CC1C(=O)O. The molecule has 2 heterocycles. The maximum atomic E-state index is 12.1. The number of nitrogens with zero attached hydrogens (tertiary/aromatic N) is 3. The van der Waals surface area contributed by atoms with Crippen molar-refractivity contribution in [3.8, 4) is 0 Å². The lowest BCUT2D eigenvalue weighted by atomic mass is 10.2. The summed E-state index contributed by atoms with van der Waals surface area (Å²) >= 11 is 0.933. The molecule has 2 atom stereocenters. The zero-order valence-electron chi connectivity index (χ0n) is 9.03. The van der Waals surface area contributed by atoms with Gasteiger partial charge in [-0.2, -0.15) is 0 Å². The molecule has 0 aromatic carbocycles. The summed E-state index contributed by atoms with van der Waals surface area (Å²) in [7, 11) is 0. The standard InChI is InChI=1S/C9H11N3O4S/c1-4-7(17-11-10-4)8(14)12-3-5(13)2-6(12)9(15)16/h5-6,13H,2-3H2,1H3,(H,15,16).